The average Bonchev–Trinajstić information content (AvgIpc) is 2.99. The van der Waals surface area contributed by atoms with Crippen LogP contribution in [0.25, 0.3) is 5.65 Å². The predicted octanol–water partition coefficient (Wildman–Crippen LogP) is 4.06. The molecule has 1 N–H and O–H groups in total. The number of fused-ring (bicyclic) bond motifs is 1. The number of hydrogen-bond donors (Lipinski definition) is 1. The number of carbonyl (C=O) groups excluding carboxylic acids is 1. The molecule has 0 spiro atoms. The number of amides is 1. The summed E-state index contributed by atoms with van der Waals surface area (Å²) in [5.41, 5.74) is 4.23. The summed E-state index contributed by atoms with van der Waals surface area (Å²) >= 11 is 0. The first-order valence-electron chi connectivity index (χ1n) is 9.13. The summed E-state index contributed by atoms with van der Waals surface area (Å²) in [6.45, 7) is 8.54. The Morgan fingerprint density at radius 3 is 2.65 bits per heavy atom. The zero-order chi connectivity index (χ0) is 18.7. The van der Waals surface area contributed by atoms with Gasteiger partial charge < -0.3 is 9.72 Å². The predicted molar refractivity (Wildman–Crippen MR) is 105 cm³/mol. The van der Waals surface area contributed by atoms with Crippen molar-refractivity contribution in [2.24, 2.45) is 0 Å². The van der Waals surface area contributed by atoms with Gasteiger partial charge in [0.15, 0.2) is 0 Å². The maximum atomic E-state index is 12.5. The zero-order valence-corrected chi connectivity index (χ0v) is 16.0. The summed E-state index contributed by atoms with van der Waals surface area (Å²) in [4.78, 5) is 17.0. The number of aryl methyl sites for hydroxylation is 1. The van der Waals surface area contributed by atoms with Crippen LogP contribution in [-0.4, -0.2) is 21.3 Å². The fourth-order valence-electron chi connectivity index (χ4n) is 3.65. The number of hydrogen-bond acceptors (Lipinski definition) is 2. The second kappa shape index (κ2) is 7.32. The van der Waals surface area contributed by atoms with Crippen LogP contribution in [-0.2, 0) is 16.6 Å². The van der Waals surface area contributed by atoms with E-state index in [0.29, 0.717) is 6.42 Å². The Labute approximate surface area is 155 Å². The number of nitrogens with one attached hydrogen (secondary N) is 1. The van der Waals surface area contributed by atoms with Crippen molar-refractivity contribution in [1.82, 2.24) is 14.7 Å². The third-order valence-electron chi connectivity index (χ3n) is 4.93. The number of rotatable bonds is 6. The highest BCUT2D eigenvalue weighted by molar-refractivity contribution is 5.78. The van der Waals surface area contributed by atoms with Crippen LogP contribution in [0.3, 0.4) is 0 Å². The third kappa shape index (κ3) is 3.96. The molecule has 0 saturated heterocycles. The number of pyridine rings is 1. The molecule has 2 heterocycles. The molecule has 4 nitrogen and oxygen atoms in total. The van der Waals surface area contributed by atoms with E-state index in [1.165, 1.54) is 5.56 Å². The van der Waals surface area contributed by atoms with Crippen LogP contribution in [0.15, 0.2) is 54.9 Å². The molecule has 2 aromatic heterocycles. The quantitative estimate of drug-likeness (QED) is 0.729. The number of nitrogens with zero attached hydrogens (tertiary/aromatic N) is 2. The molecule has 26 heavy (non-hydrogen) atoms. The van der Waals surface area contributed by atoms with Crippen molar-refractivity contribution in [2.75, 3.05) is 0 Å². The molecule has 1 amide bonds. The molecule has 3 rings (SSSR count). The van der Waals surface area contributed by atoms with E-state index in [-0.39, 0.29) is 17.4 Å². The average molecular weight is 349 g/mol. The van der Waals surface area contributed by atoms with Crippen LogP contribution in [0.4, 0.5) is 0 Å². The highest BCUT2D eigenvalue weighted by Gasteiger charge is 2.24. The van der Waals surface area contributed by atoms with Crippen LogP contribution in [0.2, 0.25) is 0 Å². The molecule has 0 aliphatic carbocycles. The monoisotopic (exact) mass is 349 g/mol. The smallest absolute Gasteiger partial charge is 0.226 e. The fraction of sp³-hybridized carbons (Fsp3) is 0.364. The molecule has 0 saturated carbocycles. The second-order valence-electron chi connectivity index (χ2n) is 7.73. The Kier molecular flexibility index (Phi) is 5.12. The highest BCUT2D eigenvalue weighted by Crippen LogP contribution is 2.28. The standard InChI is InChI=1S/C22H27N3O/c1-16-9-8-12-25-19(15-23-21(16)25)13-20(26)24-17(2)14-22(3,4)18-10-6-5-7-11-18/h5-12,15,17H,13-14H2,1-4H3,(H,24,26). The Hall–Kier alpha value is -2.62. The van der Waals surface area contributed by atoms with Gasteiger partial charge in [-0.3, -0.25) is 4.79 Å². The van der Waals surface area contributed by atoms with Crippen molar-refractivity contribution in [2.45, 2.75) is 52.0 Å². The van der Waals surface area contributed by atoms with E-state index in [4.69, 9.17) is 0 Å². The molecule has 0 aliphatic heterocycles. The normalized spacial score (nSPS) is 12.9. The summed E-state index contributed by atoms with van der Waals surface area (Å²) in [5, 5.41) is 3.14. The largest absolute Gasteiger partial charge is 0.353 e. The van der Waals surface area contributed by atoms with Crippen molar-refractivity contribution < 1.29 is 4.79 Å². The lowest BCUT2D eigenvalue weighted by Gasteiger charge is -2.29. The van der Waals surface area contributed by atoms with Gasteiger partial charge in [0.05, 0.1) is 12.1 Å². The molecule has 0 aliphatic rings. The lowest BCUT2D eigenvalue weighted by atomic mass is 9.79. The van der Waals surface area contributed by atoms with E-state index in [1.807, 2.05) is 35.7 Å². The van der Waals surface area contributed by atoms with Gasteiger partial charge in [0.2, 0.25) is 5.91 Å². The minimum Gasteiger partial charge on any atom is -0.353 e. The summed E-state index contributed by atoms with van der Waals surface area (Å²) in [6, 6.07) is 14.6. The SMILES string of the molecule is Cc1cccn2c(CC(=O)NC(C)CC(C)(C)c3ccccc3)cnc12. The highest BCUT2D eigenvalue weighted by atomic mass is 16.1. The minimum atomic E-state index is 0.00831. The summed E-state index contributed by atoms with van der Waals surface area (Å²) in [5.74, 6) is 0.0321. The summed E-state index contributed by atoms with van der Waals surface area (Å²) in [6.07, 6.45) is 4.97. The summed E-state index contributed by atoms with van der Waals surface area (Å²) < 4.78 is 1.99. The molecule has 0 fully saturated rings. The molecule has 0 bridgehead atoms. The molecule has 4 heteroatoms. The van der Waals surface area contributed by atoms with Gasteiger partial charge >= 0.3 is 0 Å². The topological polar surface area (TPSA) is 46.4 Å². The number of benzene rings is 1. The molecule has 1 aromatic carbocycles. The van der Waals surface area contributed by atoms with Gasteiger partial charge in [-0.1, -0.05) is 50.2 Å². The van der Waals surface area contributed by atoms with Crippen LogP contribution >= 0.6 is 0 Å². The fourth-order valence-corrected chi connectivity index (χ4v) is 3.65. The lowest BCUT2D eigenvalue weighted by molar-refractivity contribution is -0.121. The Morgan fingerprint density at radius 2 is 1.92 bits per heavy atom. The van der Waals surface area contributed by atoms with E-state index in [2.05, 4.69) is 55.3 Å². The van der Waals surface area contributed by atoms with E-state index >= 15 is 0 Å². The van der Waals surface area contributed by atoms with Gasteiger partial charge in [-0.25, -0.2) is 4.98 Å². The number of carbonyl (C=O) groups is 1. The summed E-state index contributed by atoms with van der Waals surface area (Å²) in [7, 11) is 0. The molecular weight excluding hydrogens is 322 g/mol. The van der Waals surface area contributed by atoms with Crippen LogP contribution < -0.4 is 5.32 Å². The Bertz CT molecular complexity index is 896. The van der Waals surface area contributed by atoms with E-state index in [1.54, 1.807) is 6.20 Å². The minimum absolute atomic E-state index is 0.00831. The molecule has 1 unspecified atom stereocenters. The van der Waals surface area contributed by atoms with Gasteiger partial charge in [-0.05, 0) is 42.9 Å². The van der Waals surface area contributed by atoms with Crippen molar-refractivity contribution in [1.29, 1.82) is 0 Å². The van der Waals surface area contributed by atoms with Gasteiger partial charge in [0, 0.05) is 18.4 Å². The maximum absolute atomic E-state index is 12.5. The number of aromatic nitrogens is 2. The molecule has 136 valence electrons. The first-order valence-corrected chi connectivity index (χ1v) is 9.13. The van der Waals surface area contributed by atoms with Crippen molar-refractivity contribution in [3.63, 3.8) is 0 Å². The molecule has 0 radical (unpaired) electrons. The molecule has 1 atom stereocenters. The third-order valence-corrected chi connectivity index (χ3v) is 4.93. The number of imidazole rings is 1. The van der Waals surface area contributed by atoms with Crippen LogP contribution in [0, 0.1) is 6.92 Å². The first kappa shape index (κ1) is 18.2. The Balaban J connectivity index is 1.63. The molecule has 3 aromatic rings. The van der Waals surface area contributed by atoms with Gasteiger partial charge in [0.25, 0.3) is 0 Å². The van der Waals surface area contributed by atoms with Crippen molar-refractivity contribution in [3.8, 4) is 0 Å². The first-order chi connectivity index (χ1) is 12.4. The lowest BCUT2D eigenvalue weighted by Crippen LogP contribution is -2.38. The van der Waals surface area contributed by atoms with Crippen LogP contribution in [0.5, 0.6) is 0 Å². The van der Waals surface area contributed by atoms with Gasteiger partial charge in [0.1, 0.15) is 5.65 Å². The van der Waals surface area contributed by atoms with Crippen molar-refractivity contribution in [3.05, 3.63) is 71.7 Å². The molecular formula is C22H27N3O. The van der Waals surface area contributed by atoms with Gasteiger partial charge in [-0.2, -0.15) is 0 Å². The van der Waals surface area contributed by atoms with E-state index in [9.17, 15) is 4.79 Å². The zero-order valence-electron chi connectivity index (χ0n) is 16.0. The van der Waals surface area contributed by atoms with Crippen LogP contribution in [0.1, 0.15) is 44.0 Å². The Morgan fingerprint density at radius 1 is 1.19 bits per heavy atom. The second-order valence-corrected chi connectivity index (χ2v) is 7.73. The van der Waals surface area contributed by atoms with Crippen molar-refractivity contribution >= 4 is 11.6 Å². The van der Waals surface area contributed by atoms with E-state index in [0.717, 1.165) is 23.3 Å². The maximum Gasteiger partial charge on any atom is 0.226 e. The van der Waals surface area contributed by atoms with Gasteiger partial charge in [-0.15, -0.1) is 0 Å². The van der Waals surface area contributed by atoms with E-state index < -0.39 is 0 Å².